The van der Waals surface area contributed by atoms with Gasteiger partial charge in [0, 0.05) is 5.56 Å². The van der Waals surface area contributed by atoms with Crippen LogP contribution >= 0.6 is 11.7 Å². The van der Waals surface area contributed by atoms with Gasteiger partial charge in [0.05, 0.1) is 11.7 Å². The molecule has 82 valence electrons. The number of nitrogen functional groups attached to an aromatic ring is 1. The number of anilines is 1. The van der Waals surface area contributed by atoms with Crippen molar-refractivity contribution in [2.45, 2.75) is 0 Å². The highest BCUT2D eigenvalue weighted by Gasteiger charge is 2.14. The summed E-state index contributed by atoms with van der Waals surface area (Å²) in [6.07, 6.45) is 0. The molecule has 0 saturated carbocycles. The summed E-state index contributed by atoms with van der Waals surface area (Å²) < 4.78 is 19.0. The van der Waals surface area contributed by atoms with E-state index in [4.69, 9.17) is 15.2 Å². The Kier molecular flexibility index (Phi) is 2.14. The van der Waals surface area contributed by atoms with Crippen molar-refractivity contribution in [3.8, 4) is 22.8 Å². The van der Waals surface area contributed by atoms with Gasteiger partial charge in [-0.1, -0.05) is 0 Å². The topological polar surface area (TPSA) is 70.3 Å². The zero-order chi connectivity index (χ0) is 11.0. The normalized spacial score (nSPS) is 13.8. The first-order chi connectivity index (χ1) is 7.84. The Balaban J connectivity index is 2.06. The summed E-state index contributed by atoms with van der Waals surface area (Å²) in [5.74, 6) is 1.94. The minimum atomic E-state index is 0.446. The zero-order valence-electron chi connectivity index (χ0n) is 8.34. The number of ether oxygens (including phenoxy) is 2. The Morgan fingerprint density at radius 1 is 1.12 bits per heavy atom. The fraction of sp³-hybridized carbons (Fsp3) is 0.200. The van der Waals surface area contributed by atoms with E-state index in [1.807, 2.05) is 18.2 Å². The predicted octanol–water partition coefficient (Wildman–Crippen LogP) is 1.56. The van der Waals surface area contributed by atoms with Crippen LogP contribution in [0.1, 0.15) is 0 Å². The molecular weight excluding hydrogens is 226 g/mol. The van der Waals surface area contributed by atoms with E-state index in [-0.39, 0.29) is 0 Å². The number of hydrogen-bond acceptors (Lipinski definition) is 6. The number of nitrogens with zero attached hydrogens (tertiary/aromatic N) is 2. The van der Waals surface area contributed by atoms with Gasteiger partial charge in [0.25, 0.3) is 0 Å². The number of benzene rings is 1. The predicted molar refractivity (Wildman–Crippen MR) is 60.7 cm³/mol. The third-order valence-electron chi connectivity index (χ3n) is 2.33. The Morgan fingerprint density at radius 3 is 2.69 bits per heavy atom. The van der Waals surface area contributed by atoms with Crippen molar-refractivity contribution >= 4 is 17.5 Å². The first kappa shape index (κ1) is 9.41. The summed E-state index contributed by atoms with van der Waals surface area (Å²) >= 11 is 1.10. The van der Waals surface area contributed by atoms with Crippen molar-refractivity contribution in [2.24, 2.45) is 0 Å². The lowest BCUT2D eigenvalue weighted by atomic mass is 10.1. The summed E-state index contributed by atoms with van der Waals surface area (Å²) in [6.45, 7) is 1.16. The molecule has 5 nitrogen and oxygen atoms in total. The van der Waals surface area contributed by atoms with E-state index in [2.05, 4.69) is 8.75 Å². The van der Waals surface area contributed by atoms with Crippen LogP contribution in [-0.2, 0) is 0 Å². The number of nitrogens with two attached hydrogens (primary N) is 1. The maximum atomic E-state index is 5.71. The summed E-state index contributed by atoms with van der Waals surface area (Å²) in [5.41, 5.74) is 7.31. The van der Waals surface area contributed by atoms with Gasteiger partial charge in [-0.05, 0) is 18.2 Å². The maximum Gasteiger partial charge on any atom is 0.165 e. The quantitative estimate of drug-likeness (QED) is 0.812. The van der Waals surface area contributed by atoms with Gasteiger partial charge < -0.3 is 15.2 Å². The standard InChI is InChI=1S/C10H9N3O2S/c11-10-9(12-16-13-10)6-1-2-7-8(5-6)15-4-3-14-7/h1-2,5H,3-4H2,(H2,11,13). The third kappa shape index (κ3) is 1.47. The van der Waals surface area contributed by atoms with E-state index in [9.17, 15) is 0 Å². The van der Waals surface area contributed by atoms with Crippen LogP contribution in [0.15, 0.2) is 18.2 Å². The van der Waals surface area contributed by atoms with Crippen LogP contribution in [0.3, 0.4) is 0 Å². The highest BCUT2D eigenvalue weighted by Crippen LogP contribution is 2.35. The summed E-state index contributed by atoms with van der Waals surface area (Å²) in [6, 6.07) is 5.64. The molecule has 0 radical (unpaired) electrons. The van der Waals surface area contributed by atoms with Crippen LogP contribution in [0.5, 0.6) is 11.5 Å². The third-order valence-corrected chi connectivity index (χ3v) is 2.87. The molecule has 16 heavy (non-hydrogen) atoms. The first-order valence-electron chi connectivity index (χ1n) is 4.82. The molecular formula is C10H9N3O2S. The van der Waals surface area contributed by atoms with Gasteiger partial charge in [0.15, 0.2) is 17.3 Å². The second kappa shape index (κ2) is 3.64. The molecule has 2 N–H and O–H groups in total. The number of hydrogen-bond donors (Lipinski definition) is 1. The molecule has 0 aliphatic carbocycles. The summed E-state index contributed by atoms with van der Waals surface area (Å²) in [7, 11) is 0. The van der Waals surface area contributed by atoms with Crippen molar-refractivity contribution in [2.75, 3.05) is 18.9 Å². The molecule has 0 amide bonds. The number of aromatic nitrogens is 2. The van der Waals surface area contributed by atoms with E-state index in [1.165, 1.54) is 0 Å². The van der Waals surface area contributed by atoms with Crippen LogP contribution < -0.4 is 15.2 Å². The average molecular weight is 235 g/mol. The summed E-state index contributed by atoms with van der Waals surface area (Å²) in [4.78, 5) is 0. The van der Waals surface area contributed by atoms with Crippen LogP contribution in [0.4, 0.5) is 5.82 Å². The van der Waals surface area contributed by atoms with E-state index in [1.54, 1.807) is 0 Å². The minimum absolute atomic E-state index is 0.446. The molecule has 6 heteroatoms. The second-order valence-electron chi connectivity index (χ2n) is 3.36. The van der Waals surface area contributed by atoms with E-state index in [0.717, 1.165) is 28.8 Å². The van der Waals surface area contributed by atoms with E-state index < -0.39 is 0 Å². The first-order valence-corrected chi connectivity index (χ1v) is 5.55. The second-order valence-corrected chi connectivity index (χ2v) is 3.88. The van der Waals surface area contributed by atoms with Crippen molar-refractivity contribution in [1.82, 2.24) is 8.75 Å². The molecule has 3 rings (SSSR count). The van der Waals surface area contributed by atoms with Gasteiger partial charge in [0.2, 0.25) is 0 Å². The van der Waals surface area contributed by atoms with Crippen LogP contribution in [0.2, 0.25) is 0 Å². The van der Waals surface area contributed by atoms with Crippen molar-refractivity contribution in [3.05, 3.63) is 18.2 Å². The molecule has 2 aromatic rings. The van der Waals surface area contributed by atoms with E-state index in [0.29, 0.717) is 24.7 Å². The van der Waals surface area contributed by atoms with Crippen molar-refractivity contribution < 1.29 is 9.47 Å². The van der Waals surface area contributed by atoms with Gasteiger partial charge in [0.1, 0.15) is 18.9 Å². The molecule has 0 bridgehead atoms. The number of rotatable bonds is 1. The Hall–Kier alpha value is -1.82. The molecule has 1 aliphatic rings. The maximum absolute atomic E-state index is 5.71. The monoisotopic (exact) mass is 235 g/mol. The molecule has 0 saturated heterocycles. The van der Waals surface area contributed by atoms with Gasteiger partial charge in [-0.2, -0.15) is 8.75 Å². The molecule has 1 aliphatic heterocycles. The lowest BCUT2D eigenvalue weighted by Gasteiger charge is -2.18. The molecule has 0 atom stereocenters. The lowest BCUT2D eigenvalue weighted by molar-refractivity contribution is 0.171. The Bertz CT molecular complexity index is 527. The molecule has 1 aromatic heterocycles. The van der Waals surface area contributed by atoms with Crippen LogP contribution in [-0.4, -0.2) is 22.0 Å². The SMILES string of the molecule is Nc1nsnc1-c1ccc2c(c1)OCCO2. The van der Waals surface area contributed by atoms with Crippen LogP contribution in [0, 0.1) is 0 Å². The fourth-order valence-corrected chi connectivity index (χ4v) is 2.08. The smallest absolute Gasteiger partial charge is 0.165 e. The van der Waals surface area contributed by atoms with Crippen molar-refractivity contribution in [1.29, 1.82) is 0 Å². The largest absolute Gasteiger partial charge is 0.486 e. The van der Waals surface area contributed by atoms with Crippen molar-refractivity contribution in [3.63, 3.8) is 0 Å². The molecule has 1 aromatic carbocycles. The summed E-state index contributed by atoms with van der Waals surface area (Å²) in [5, 5.41) is 0. The molecule has 0 spiro atoms. The van der Waals surface area contributed by atoms with Gasteiger partial charge in [-0.25, -0.2) is 0 Å². The highest BCUT2D eigenvalue weighted by atomic mass is 32.1. The van der Waals surface area contributed by atoms with Crippen LogP contribution in [0.25, 0.3) is 11.3 Å². The average Bonchev–Trinajstić information content (AvgIpc) is 2.75. The van der Waals surface area contributed by atoms with Gasteiger partial charge in [-0.15, -0.1) is 0 Å². The van der Waals surface area contributed by atoms with Gasteiger partial charge >= 0.3 is 0 Å². The molecule has 0 fully saturated rings. The molecule has 2 heterocycles. The minimum Gasteiger partial charge on any atom is -0.486 e. The van der Waals surface area contributed by atoms with E-state index >= 15 is 0 Å². The van der Waals surface area contributed by atoms with Gasteiger partial charge in [-0.3, -0.25) is 0 Å². The zero-order valence-corrected chi connectivity index (χ0v) is 9.16. The molecule has 0 unspecified atom stereocenters. The number of fused-ring (bicyclic) bond motifs is 1. The Labute approximate surface area is 96.1 Å². The fourth-order valence-electron chi connectivity index (χ4n) is 1.59. The Morgan fingerprint density at radius 2 is 1.94 bits per heavy atom. The lowest BCUT2D eigenvalue weighted by Crippen LogP contribution is -2.15. The highest BCUT2D eigenvalue weighted by molar-refractivity contribution is 6.99.